The van der Waals surface area contributed by atoms with Crippen LogP contribution in [0.3, 0.4) is 0 Å². The number of rotatable bonds is 12. The largest absolute Gasteiger partial charge is 0.481 e. The lowest BCUT2D eigenvalue weighted by molar-refractivity contribution is -0.137. The van der Waals surface area contributed by atoms with Crippen molar-refractivity contribution in [3.05, 3.63) is 0 Å². The zero-order valence-corrected chi connectivity index (χ0v) is 11.4. The molecule has 18 heavy (non-hydrogen) atoms. The molecule has 0 aromatic rings. The molecular weight excluding hydrogens is 228 g/mol. The molecule has 0 bridgehead atoms. The fourth-order valence-electron chi connectivity index (χ4n) is 2.41. The molecule has 0 amide bonds. The fourth-order valence-corrected chi connectivity index (χ4v) is 2.41. The van der Waals surface area contributed by atoms with Crippen molar-refractivity contribution in [2.24, 2.45) is 5.92 Å². The first-order chi connectivity index (χ1) is 8.70. The van der Waals surface area contributed by atoms with Crippen LogP contribution in [-0.2, 0) is 4.79 Å². The van der Waals surface area contributed by atoms with Gasteiger partial charge in [-0.1, -0.05) is 44.9 Å². The molecule has 0 saturated heterocycles. The van der Waals surface area contributed by atoms with E-state index in [0.717, 1.165) is 32.1 Å². The van der Waals surface area contributed by atoms with Gasteiger partial charge in [0, 0.05) is 6.42 Å². The van der Waals surface area contributed by atoms with Crippen LogP contribution in [0.2, 0.25) is 0 Å². The van der Waals surface area contributed by atoms with Crippen LogP contribution in [0.15, 0.2) is 0 Å². The Morgan fingerprint density at radius 3 is 1.94 bits per heavy atom. The van der Waals surface area contributed by atoms with E-state index in [-0.39, 0.29) is 6.10 Å². The van der Waals surface area contributed by atoms with Gasteiger partial charge in [-0.05, 0) is 31.6 Å². The van der Waals surface area contributed by atoms with Gasteiger partial charge in [-0.2, -0.15) is 0 Å². The van der Waals surface area contributed by atoms with Gasteiger partial charge in [0.1, 0.15) is 0 Å². The lowest BCUT2D eigenvalue weighted by atomic mass is 10.0. The van der Waals surface area contributed by atoms with Crippen molar-refractivity contribution in [3.8, 4) is 0 Å². The number of aliphatic carboxylic acids is 1. The van der Waals surface area contributed by atoms with E-state index >= 15 is 0 Å². The van der Waals surface area contributed by atoms with Crippen molar-refractivity contribution in [2.45, 2.75) is 83.2 Å². The molecular formula is C15H28O3. The molecule has 0 aliphatic heterocycles. The zero-order valence-electron chi connectivity index (χ0n) is 11.4. The van der Waals surface area contributed by atoms with E-state index in [9.17, 15) is 9.90 Å². The van der Waals surface area contributed by atoms with E-state index in [4.69, 9.17) is 5.11 Å². The number of aliphatic hydroxyl groups is 1. The molecule has 2 N–H and O–H groups in total. The number of carboxylic acid groups (broad SMARTS) is 1. The summed E-state index contributed by atoms with van der Waals surface area (Å²) in [6.07, 6.45) is 12.9. The summed E-state index contributed by atoms with van der Waals surface area (Å²) in [6, 6.07) is 0. The Kier molecular flexibility index (Phi) is 8.06. The minimum Gasteiger partial charge on any atom is -0.481 e. The Bertz CT molecular complexity index is 224. The molecule has 3 nitrogen and oxygen atoms in total. The van der Waals surface area contributed by atoms with Crippen molar-refractivity contribution in [1.29, 1.82) is 0 Å². The predicted molar refractivity (Wildman–Crippen MR) is 72.5 cm³/mol. The Morgan fingerprint density at radius 1 is 0.944 bits per heavy atom. The molecule has 106 valence electrons. The Labute approximate surface area is 111 Å². The maximum absolute atomic E-state index is 10.3. The van der Waals surface area contributed by atoms with Crippen molar-refractivity contribution in [3.63, 3.8) is 0 Å². The average Bonchev–Trinajstić information content (AvgIpc) is 3.14. The normalized spacial score (nSPS) is 16.7. The topological polar surface area (TPSA) is 57.5 Å². The molecule has 1 aliphatic carbocycles. The smallest absolute Gasteiger partial charge is 0.303 e. The minimum atomic E-state index is -0.677. The molecule has 1 saturated carbocycles. The van der Waals surface area contributed by atoms with Gasteiger partial charge in [-0.25, -0.2) is 0 Å². The first-order valence-corrected chi connectivity index (χ1v) is 7.60. The van der Waals surface area contributed by atoms with Crippen LogP contribution in [-0.4, -0.2) is 22.3 Å². The van der Waals surface area contributed by atoms with Gasteiger partial charge in [0.25, 0.3) is 0 Å². The summed E-state index contributed by atoms with van der Waals surface area (Å²) < 4.78 is 0. The molecule has 0 heterocycles. The molecule has 1 aliphatic rings. The van der Waals surface area contributed by atoms with Gasteiger partial charge >= 0.3 is 5.97 Å². The molecule has 0 radical (unpaired) electrons. The molecule has 3 heteroatoms. The Morgan fingerprint density at radius 2 is 1.44 bits per heavy atom. The highest BCUT2D eigenvalue weighted by Crippen LogP contribution is 2.34. The number of aliphatic hydroxyl groups excluding tert-OH is 1. The summed E-state index contributed by atoms with van der Waals surface area (Å²) in [5, 5.41) is 18.2. The van der Waals surface area contributed by atoms with Gasteiger partial charge in [0.05, 0.1) is 6.10 Å². The number of hydrogen-bond donors (Lipinski definition) is 2. The van der Waals surface area contributed by atoms with E-state index < -0.39 is 5.97 Å². The second kappa shape index (κ2) is 9.37. The summed E-state index contributed by atoms with van der Waals surface area (Å²) in [4.78, 5) is 10.3. The van der Waals surface area contributed by atoms with E-state index in [2.05, 4.69) is 0 Å². The first kappa shape index (κ1) is 15.5. The number of carboxylic acids is 1. The zero-order chi connectivity index (χ0) is 13.2. The summed E-state index contributed by atoms with van der Waals surface area (Å²) in [5.74, 6) is -0.0524. The number of unbranched alkanes of at least 4 members (excludes halogenated alkanes) is 7. The maximum Gasteiger partial charge on any atom is 0.303 e. The highest BCUT2D eigenvalue weighted by atomic mass is 16.4. The Hall–Kier alpha value is -0.570. The van der Waals surface area contributed by atoms with Crippen LogP contribution in [0.1, 0.15) is 77.0 Å². The van der Waals surface area contributed by atoms with Crippen molar-refractivity contribution in [2.75, 3.05) is 0 Å². The second-order valence-electron chi connectivity index (χ2n) is 5.67. The summed E-state index contributed by atoms with van der Waals surface area (Å²) in [7, 11) is 0. The molecule has 1 atom stereocenters. The highest BCUT2D eigenvalue weighted by molar-refractivity contribution is 5.66. The second-order valence-corrected chi connectivity index (χ2v) is 5.67. The van der Waals surface area contributed by atoms with Crippen LogP contribution >= 0.6 is 0 Å². The SMILES string of the molecule is O=C(O)CCCCCCCCCCC(O)C1CC1. The van der Waals surface area contributed by atoms with E-state index in [0.29, 0.717) is 12.3 Å². The maximum atomic E-state index is 10.3. The van der Waals surface area contributed by atoms with Crippen LogP contribution in [0.5, 0.6) is 0 Å². The summed E-state index contributed by atoms with van der Waals surface area (Å²) in [6.45, 7) is 0. The lowest BCUT2D eigenvalue weighted by Gasteiger charge is -2.08. The van der Waals surface area contributed by atoms with Gasteiger partial charge in [-0.3, -0.25) is 4.79 Å². The quantitative estimate of drug-likeness (QED) is 0.523. The Balaban J connectivity index is 1.71. The van der Waals surface area contributed by atoms with E-state index in [1.807, 2.05) is 0 Å². The molecule has 0 aromatic heterocycles. The average molecular weight is 256 g/mol. The predicted octanol–water partition coefficient (Wildman–Crippen LogP) is 3.74. The van der Waals surface area contributed by atoms with Crippen LogP contribution in [0, 0.1) is 5.92 Å². The third kappa shape index (κ3) is 8.51. The fraction of sp³-hybridized carbons (Fsp3) is 0.933. The highest BCUT2D eigenvalue weighted by Gasteiger charge is 2.28. The van der Waals surface area contributed by atoms with Crippen LogP contribution in [0.4, 0.5) is 0 Å². The molecule has 0 aromatic carbocycles. The van der Waals surface area contributed by atoms with Gasteiger partial charge in [0.15, 0.2) is 0 Å². The van der Waals surface area contributed by atoms with Crippen LogP contribution < -0.4 is 0 Å². The van der Waals surface area contributed by atoms with Crippen LogP contribution in [0.25, 0.3) is 0 Å². The summed E-state index contributed by atoms with van der Waals surface area (Å²) in [5.41, 5.74) is 0. The summed E-state index contributed by atoms with van der Waals surface area (Å²) >= 11 is 0. The molecule has 1 unspecified atom stereocenters. The lowest BCUT2D eigenvalue weighted by Crippen LogP contribution is -2.08. The minimum absolute atomic E-state index is 0.0268. The number of carbonyl (C=O) groups is 1. The third-order valence-corrected chi connectivity index (χ3v) is 3.81. The van der Waals surface area contributed by atoms with Gasteiger partial charge < -0.3 is 10.2 Å². The van der Waals surface area contributed by atoms with Gasteiger partial charge in [-0.15, -0.1) is 0 Å². The monoisotopic (exact) mass is 256 g/mol. The standard InChI is InChI=1S/C15H28O3/c16-14(13-11-12-13)9-7-5-3-1-2-4-6-8-10-15(17)18/h13-14,16H,1-12H2,(H,17,18). The molecule has 0 spiro atoms. The van der Waals surface area contributed by atoms with E-state index in [1.165, 1.54) is 38.5 Å². The number of hydrogen-bond acceptors (Lipinski definition) is 2. The third-order valence-electron chi connectivity index (χ3n) is 3.81. The molecule has 1 rings (SSSR count). The van der Waals surface area contributed by atoms with Crippen molar-refractivity contribution < 1.29 is 15.0 Å². The van der Waals surface area contributed by atoms with E-state index in [1.54, 1.807) is 0 Å². The van der Waals surface area contributed by atoms with Crippen molar-refractivity contribution in [1.82, 2.24) is 0 Å². The van der Waals surface area contributed by atoms with Gasteiger partial charge in [0.2, 0.25) is 0 Å². The molecule has 1 fully saturated rings. The van der Waals surface area contributed by atoms with Crippen molar-refractivity contribution >= 4 is 5.97 Å². The first-order valence-electron chi connectivity index (χ1n) is 7.60.